The average molecular weight is 184 g/mol. The molecule has 62 valence electrons. The Kier molecular flexibility index (Phi) is 2.60. The number of rotatable bonds is 1. The van der Waals surface area contributed by atoms with Crippen molar-refractivity contribution in [1.29, 1.82) is 0 Å². The molecule has 1 heterocycles. The van der Waals surface area contributed by atoms with E-state index in [0.717, 1.165) is 19.3 Å². The van der Waals surface area contributed by atoms with Gasteiger partial charge in [-0.2, -0.15) is 8.42 Å². The first-order chi connectivity index (χ1) is 4.61. The number of hydrogen-bond donors (Lipinski definition) is 2. The molecule has 0 aromatic heterocycles. The van der Waals surface area contributed by atoms with Crippen molar-refractivity contribution in [3.05, 3.63) is 0 Å². The van der Waals surface area contributed by atoms with Gasteiger partial charge in [0.05, 0.1) is 0 Å². The maximum Gasteiger partial charge on any atom is 0.299 e. The Bertz CT molecular complexity index is 191. The highest BCUT2D eigenvalue weighted by Crippen LogP contribution is 2.37. The summed E-state index contributed by atoms with van der Waals surface area (Å²) in [5.41, 5.74) is 0. The van der Waals surface area contributed by atoms with Crippen molar-refractivity contribution in [2.75, 3.05) is 11.5 Å². The van der Waals surface area contributed by atoms with E-state index in [0.29, 0.717) is 11.5 Å². The van der Waals surface area contributed by atoms with Crippen LogP contribution < -0.4 is 0 Å². The molecule has 0 radical (unpaired) electrons. The van der Waals surface area contributed by atoms with Gasteiger partial charge < -0.3 is 0 Å². The molecule has 0 bridgehead atoms. The van der Waals surface area contributed by atoms with Crippen molar-refractivity contribution >= 4 is 19.1 Å². The molecular weight excluding hydrogens is 172 g/mol. The first-order valence-corrected chi connectivity index (χ1v) is 7.09. The second-order valence-corrected chi connectivity index (χ2v) is 8.12. The van der Waals surface area contributed by atoms with Crippen molar-refractivity contribution in [2.24, 2.45) is 0 Å². The van der Waals surface area contributed by atoms with Gasteiger partial charge in [0.2, 0.25) is 0 Å². The topological polar surface area (TPSA) is 54.4 Å². The minimum Gasteiger partial charge on any atom is -0.279 e. The zero-order chi connectivity index (χ0) is 7.61. The van der Waals surface area contributed by atoms with Gasteiger partial charge in [-0.05, 0) is 24.3 Å². The lowest BCUT2D eigenvalue weighted by Crippen LogP contribution is -2.10. The molecule has 1 fully saturated rings. The van der Waals surface area contributed by atoms with Crippen LogP contribution in [-0.4, -0.2) is 24.5 Å². The minimum atomic E-state index is -3.66. The van der Waals surface area contributed by atoms with Crippen molar-refractivity contribution in [3.8, 4) is 0 Å². The Morgan fingerprint density at radius 3 is 1.90 bits per heavy atom. The molecule has 5 heteroatoms. The van der Waals surface area contributed by atoms with E-state index < -0.39 is 19.1 Å². The Balaban J connectivity index is 2.56. The van der Waals surface area contributed by atoms with Crippen molar-refractivity contribution < 1.29 is 13.0 Å². The highest BCUT2D eigenvalue weighted by atomic mass is 33.2. The van der Waals surface area contributed by atoms with Gasteiger partial charge in [-0.1, -0.05) is 6.42 Å². The zero-order valence-corrected chi connectivity index (χ0v) is 7.37. The third kappa shape index (κ3) is 2.14. The molecule has 0 aromatic carbocycles. The van der Waals surface area contributed by atoms with Crippen LogP contribution in [0.2, 0.25) is 0 Å². The van der Waals surface area contributed by atoms with Crippen molar-refractivity contribution in [2.45, 2.75) is 19.3 Å². The molecular formula is C5H12O3S2. The Labute approximate surface area is 63.3 Å². The zero-order valence-electron chi connectivity index (χ0n) is 5.65. The molecule has 0 aliphatic carbocycles. The Morgan fingerprint density at radius 2 is 1.60 bits per heavy atom. The maximum atomic E-state index is 10.6. The molecule has 0 saturated carbocycles. The molecule has 1 aliphatic rings. The molecule has 0 unspecified atom stereocenters. The molecule has 0 spiro atoms. The third-order valence-corrected chi connectivity index (χ3v) is 6.98. The lowest BCUT2D eigenvalue weighted by Gasteiger charge is -2.21. The van der Waals surface area contributed by atoms with Crippen LogP contribution in [0.5, 0.6) is 0 Å². The van der Waals surface area contributed by atoms with Crippen LogP contribution >= 0.6 is 9.93 Å². The van der Waals surface area contributed by atoms with Crippen LogP contribution in [0, 0.1) is 0 Å². The summed E-state index contributed by atoms with van der Waals surface area (Å²) in [5.74, 6) is 1.41. The highest BCUT2D eigenvalue weighted by Gasteiger charge is 2.19. The molecule has 3 nitrogen and oxygen atoms in total. The van der Waals surface area contributed by atoms with Crippen LogP contribution in [0.1, 0.15) is 19.3 Å². The SMILES string of the molecule is O=S(=O)(O)[SH]1CCCCC1. The largest absolute Gasteiger partial charge is 0.299 e. The molecule has 0 amide bonds. The van der Waals surface area contributed by atoms with E-state index in [1.54, 1.807) is 0 Å². The third-order valence-electron chi connectivity index (χ3n) is 1.64. The standard InChI is InChI=1S/C5H12O3S2/c6-10(7,8)9-4-2-1-3-5-9/h9H,1-5H2,(H,6,7,8). The Hall–Kier alpha value is 0.260. The smallest absolute Gasteiger partial charge is 0.279 e. The Morgan fingerprint density at radius 1 is 1.10 bits per heavy atom. The summed E-state index contributed by atoms with van der Waals surface area (Å²) in [6.07, 6.45) is 3.05. The summed E-state index contributed by atoms with van der Waals surface area (Å²) in [5, 5.41) is 0. The van der Waals surface area contributed by atoms with E-state index in [1.807, 2.05) is 0 Å². The summed E-state index contributed by atoms with van der Waals surface area (Å²) in [6.45, 7) is 0. The van der Waals surface area contributed by atoms with Crippen LogP contribution in [0.15, 0.2) is 0 Å². The quantitative estimate of drug-likeness (QED) is 0.363. The predicted octanol–water partition coefficient (Wildman–Crippen LogP) is 0.974. The summed E-state index contributed by atoms with van der Waals surface area (Å²) in [4.78, 5) is 0. The fourth-order valence-electron chi connectivity index (χ4n) is 1.10. The molecule has 1 N–H and O–H groups in total. The van der Waals surface area contributed by atoms with Crippen LogP contribution in [0.3, 0.4) is 0 Å². The van der Waals surface area contributed by atoms with Gasteiger partial charge >= 0.3 is 0 Å². The minimum absolute atomic E-state index is 0.703. The first-order valence-electron chi connectivity index (χ1n) is 3.33. The van der Waals surface area contributed by atoms with E-state index in [2.05, 4.69) is 0 Å². The fraction of sp³-hybridized carbons (Fsp3) is 1.00. The van der Waals surface area contributed by atoms with Crippen molar-refractivity contribution in [1.82, 2.24) is 0 Å². The second-order valence-electron chi connectivity index (χ2n) is 2.44. The van der Waals surface area contributed by atoms with Crippen LogP contribution in [0.25, 0.3) is 0 Å². The lowest BCUT2D eigenvalue weighted by molar-refractivity contribution is 0.501. The molecule has 1 saturated heterocycles. The van der Waals surface area contributed by atoms with Gasteiger partial charge in [-0.25, -0.2) is 0 Å². The van der Waals surface area contributed by atoms with Gasteiger partial charge in [0.1, 0.15) is 0 Å². The van der Waals surface area contributed by atoms with Gasteiger partial charge in [-0.15, -0.1) is 9.93 Å². The van der Waals surface area contributed by atoms with E-state index in [1.165, 1.54) is 0 Å². The van der Waals surface area contributed by atoms with Crippen LogP contribution in [-0.2, 0) is 9.15 Å². The molecule has 1 rings (SSSR count). The summed E-state index contributed by atoms with van der Waals surface area (Å²) in [7, 11) is -4.75. The van der Waals surface area contributed by atoms with E-state index >= 15 is 0 Å². The number of thiol groups is 1. The van der Waals surface area contributed by atoms with Crippen LogP contribution in [0.4, 0.5) is 0 Å². The molecule has 0 atom stereocenters. The second kappa shape index (κ2) is 3.11. The molecule has 10 heavy (non-hydrogen) atoms. The van der Waals surface area contributed by atoms with Gasteiger partial charge in [0, 0.05) is 0 Å². The molecule has 1 aliphatic heterocycles. The monoisotopic (exact) mass is 184 g/mol. The van der Waals surface area contributed by atoms with Gasteiger partial charge in [0.25, 0.3) is 9.15 Å². The number of hydrogen-bond acceptors (Lipinski definition) is 2. The predicted molar refractivity (Wildman–Crippen MR) is 44.1 cm³/mol. The lowest BCUT2D eigenvalue weighted by atomic mass is 10.3. The summed E-state index contributed by atoms with van der Waals surface area (Å²) < 4.78 is 29.8. The highest BCUT2D eigenvalue weighted by molar-refractivity contribution is 8.79. The van der Waals surface area contributed by atoms with E-state index in [4.69, 9.17) is 4.55 Å². The van der Waals surface area contributed by atoms with Gasteiger partial charge in [0.15, 0.2) is 0 Å². The average Bonchev–Trinajstić information content (AvgIpc) is 1.88. The maximum absolute atomic E-state index is 10.6. The summed E-state index contributed by atoms with van der Waals surface area (Å²) in [6, 6.07) is 0. The first kappa shape index (κ1) is 8.36. The fourth-order valence-corrected chi connectivity index (χ4v) is 5.09. The van der Waals surface area contributed by atoms with Crippen molar-refractivity contribution in [3.63, 3.8) is 0 Å². The van der Waals surface area contributed by atoms with E-state index in [9.17, 15) is 8.42 Å². The normalized spacial score (nSPS) is 24.7. The van der Waals surface area contributed by atoms with Gasteiger partial charge in [-0.3, -0.25) is 4.55 Å². The van der Waals surface area contributed by atoms with E-state index in [-0.39, 0.29) is 0 Å². The summed E-state index contributed by atoms with van der Waals surface area (Å²) >= 11 is 0. The molecule has 0 aromatic rings.